The van der Waals surface area contributed by atoms with Crippen LogP contribution in [0.2, 0.25) is 0 Å². The smallest absolute Gasteiger partial charge is 0.343 e. The molecule has 33 heavy (non-hydrogen) atoms. The lowest BCUT2D eigenvalue weighted by atomic mass is 9.98. The summed E-state index contributed by atoms with van der Waals surface area (Å²) in [7, 11) is 1.68. The Balaban J connectivity index is 0.00000272. The van der Waals surface area contributed by atoms with E-state index in [4.69, 9.17) is 21.6 Å². The first kappa shape index (κ1) is 27.2. The molecule has 0 heterocycles. The van der Waals surface area contributed by atoms with E-state index < -0.39 is 11.9 Å². The molecule has 9 nitrogen and oxygen atoms in total. The standard InChI is InChI=1S/C22H22N6O3.2ClH/c1-26-28-12-27-16-6-2-13(3-7-16)22(30)31-19-9-5-14-10-15(21(24)25)4-8-17(14)18(19)11-20(23)29;;/h2-10,12,26H,11H2,1H3,(H2,23,29)(H3,24,25)(H,27,28);2*1H. The molecular formula is C22H24Cl2N6O3. The molecule has 0 aliphatic heterocycles. The number of nitrogens with two attached hydrogens (primary N) is 2. The van der Waals surface area contributed by atoms with Gasteiger partial charge in [0.05, 0.1) is 12.0 Å². The Labute approximate surface area is 202 Å². The van der Waals surface area contributed by atoms with Crippen LogP contribution in [0.5, 0.6) is 5.75 Å². The second-order valence-electron chi connectivity index (χ2n) is 6.63. The van der Waals surface area contributed by atoms with E-state index in [0.29, 0.717) is 22.1 Å². The van der Waals surface area contributed by atoms with Crippen LogP contribution in [-0.2, 0) is 11.2 Å². The third-order valence-electron chi connectivity index (χ3n) is 4.50. The van der Waals surface area contributed by atoms with Crippen molar-refractivity contribution in [3.8, 4) is 5.75 Å². The highest BCUT2D eigenvalue weighted by Gasteiger charge is 2.16. The predicted molar refractivity (Wildman–Crippen MR) is 135 cm³/mol. The molecule has 11 heteroatoms. The molecule has 0 unspecified atom stereocenters. The number of carbonyl (C=O) groups excluding carboxylic acids is 2. The lowest BCUT2D eigenvalue weighted by molar-refractivity contribution is -0.117. The molecule has 0 saturated heterocycles. The van der Waals surface area contributed by atoms with Crippen LogP contribution >= 0.6 is 24.8 Å². The SMILES string of the molecule is CN/N=C/Nc1ccc(C(=O)Oc2ccc3cc(C(=N)N)ccc3c2CC(N)=O)cc1.Cl.Cl. The highest BCUT2D eigenvalue weighted by molar-refractivity contribution is 6.01. The lowest BCUT2D eigenvalue weighted by Gasteiger charge is -2.13. The van der Waals surface area contributed by atoms with Gasteiger partial charge in [0.15, 0.2) is 0 Å². The van der Waals surface area contributed by atoms with Crippen molar-refractivity contribution in [2.24, 2.45) is 16.6 Å². The van der Waals surface area contributed by atoms with Crippen molar-refractivity contribution >= 4 is 65.3 Å². The summed E-state index contributed by atoms with van der Waals surface area (Å²) in [6.07, 6.45) is 1.38. The number of nitrogen functional groups attached to an aromatic ring is 1. The van der Waals surface area contributed by atoms with E-state index in [1.165, 1.54) is 6.34 Å². The highest BCUT2D eigenvalue weighted by atomic mass is 35.5. The van der Waals surface area contributed by atoms with Crippen LogP contribution in [0.3, 0.4) is 0 Å². The summed E-state index contributed by atoms with van der Waals surface area (Å²) in [5.41, 5.74) is 15.7. The van der Waals surface area contributed by atoms with Crippen LogP contribution in [-0.4, -0.2) is 31.1 Å². The van der Waals surface area contributed by atoms with Gasteiger partial charge in [-0.3, -0.25) is 10.2 Å². The molecule has 0 aliphatic rings. The van der Waals surface area contributed by atoms with E-state index >= 15 is 0 Å². The normalized spacial score (nSPS) is 10.1. The maximum absolute atomic E-state index is 12.7. The number of esters is 1. The Morgan fingerprint density at radius 1 is 1.03 bits per heavy atom. The van der Waals surface area contributed by atoms with Gasteiger partial charge in [-0.2, -0.15) is 5.10 Å². The molecular weight excluding hydrogens is 467 g/mol. The molecule has 0 aromatic heterocycles. The number of nitrogens with one attached hydrogen (secondary N) is 3. The number of nitrogens with zero attached hydrogens (tertiary/aromatic N) is 1. The first-order chi connectivity index (χ1) is 14.9. The second kappa shape index (κ2) is 12.3. The molecule has 0 radical (unpaired) electrons. The number of anilines is 1. The van der Waals surface area contributed by atoms with Gasteiger partial charge in [-0.05, 0) is 47.2 Å². The summed E-state index contributed by atoms with van der Waals surface area (Å²) < 4.78 is 5.59. The van der Waals surface area contributed by atoms with Crippen molar-refractivity contribution in [1.29, 1.82) is 5.41 Å². The number of ether oxygens (including phenoxy) is 1. The molecule has 3 aromatic carbocycles. The Hall–Kier alpha value is -3.82. The van der Waals surface area contributed by atoms with Gasteiger partial charge in [0.25, 0.3) is 0 Å². The van der Waals surface area contributed by atoms with E-state index in [0.717, 1.165) is 11.1 Å². The number of primary amides is 1. The first-order valence-electron chi connectivity index (χ1n) is 9.34. The van der Waals surface area contributed by atoms with Gasteiger partial charge in [0.2, 0.25) is 5.91 Å². The molecule has 0 aliphatic carbocycles. The molecule has 3 rings (SSSR count). The van der Waals surface area contributed by atoms with Crippen molar-refractivity contribution in [2.45, 2.75) is 6.42 Å². The van der Waals surface area contributed by atoms with Gasteiger partial charge in [0.1, 0.15) is 17.9 Å². The zero-order chi connectivity index (χ0) is 22.4. The minimum atomic E-state index is -0.569. The number of hydrogen-bond donors (Lipinski definition) is 5. The number of hydrogen-bond acceptors (Lipinski definition) is 6. The topological polar surface area (TPSA) is 156 Å². The van der Waals surface area contributed by atoms with E-state index in [1.54, 1.807) is 61.6 Å². The highest BCUT2D eigenvalue weighted by Crippen LogP contribution is 2.30. The summed E-state index contributed by atoms with van der Waals surface area (Å²) in [6.45, 7) is 0. The van der Waals surface area contributed by atoms with Crippen molar-refractivity contribution in [3.05, 3.63) is 71.3 Å². The van der Waals surface area contributed by atoms with E-state index in [2.05, 4.69) is 15.8 Å². The van der Waals surface area contributed by atoms with E-state index in [9.17, 15) is 9.59 Å². The van der Waals surface area contributed by atoms with Gasteiger partial charge in [-0.15, -0.1) is 24.8 Å². The zero-order valence-corrected chi connectivity index (χ0v) is 19.3. The van der Waals surface area contributed by atoms with Gasteiger partial charge in [0, 0.05) is 23.9 Å². The predicted octanol–water partition coefficient (Wildman–Crippen LogP) is 2.79. The average molecular weight is 491 g/mol. The molecule has 0 spiro atoms. The number of fused-ring (bicyclic) bond motifs is 1. The number of halogens is 2. The number of benzene rings is 3. The Morgan fingerprint density at radius 2 is 1.70 bits per heavy atom. The molecule has 1 amide bonds. The van der Waals surface area contributed by atoms with Gasteiger partial charge >= 0.3 is 5.97 Å². The maximum atomic E-state index is 12.7. The van der Waals surface area contributed by atoms with Gasteiger partial charge in [-0.1, -0.05) is 18.2 Å². The number of amides is 1. The van der Waals surface area contributed by atoms with Crippen molar-refractivity contribution in [3.63, 3.8) is 0 Å². The monoisotopic (exact) mass is 490 g/mol. The number of rotatable bonds is 8. The van der Waals surface area contributed by atoms with Crippen LogP contribution in [0.15, 0.2) is 59.7 Å². The fourth-order valence-corrected chi connectivity index (χ4v) is 3.03. The summed E-state index contributed by atoms with van der Waals surface area (Å²) >= 11 is 0. The Bertz CT molecular complexity index is 1180. The largest absolute Gasteiger partial charge is 0.423 e. The van der Waals surface area contributed by atoms with Crippen LogP contribution < -0.4 is 26.9 Å². The second-order valence-corrected chi connectivity index (χ2v) is 6.63. The van der Waals surface area contributed by atoms with Crippen molar-refractivity contribution in [2.75, 3.05) is 12.4 Å². The first-order valence-corrected chi connectivity index (χ1v) is 9.34. The molecule has 0 atom stereocenters. The van der Waals surface area contributed by atoms with Crippen LogP contribution in [0.25, 0.3) is 10.8 Å². The van der Waals surface area contributed by atoms with Crippen molar-refractivity contribution < 1.29 is 14.3 Å². The lowest BCUT2D eigenvalue weighted by Crippen LogP contribution is -2.16. The molecule has 0 fully saturated rings. The number of carbonyl (C=O) groups is 2. The maximum Gasteiger partial charge on any atom is 0.343 e. The molecule has 7 N–H and O–H groups in total. The quantitative estimate of drug-likeness (QED) is 0.107. The minimum absolute atomic E-state index is 0. The molecule has 0 bridgehead atoms. The Morgan fingerprint density at radius 3 is 2.30 bits per heavy atom. The van der Waals surface area contributed by atoms with Gasteiger partial charge in [-0.25, -0.2) is 4.79 Å². The molecule has 0 saturated carbocycles. The summed E-state index contributed by atoms with van der Waals surface area (Å²) in [5, 5.41) is 15.8. The Kier molecular flexibility index (Phi) is 10.1. The minimum Gasteiger partial charge on any atom is -0.423 e. The van der Waals surface area contributed by atoms with Gasteiger partial charge < -0.3 is 26.9 Å². The summed E-state index contributed by atoms with van der Waals surface area (Å²) in [5.74, 6) is -0.945. The fourth-order valence-electron chi connectivity index (χ4n) is 3.03. The van der Waals surface area contributed by atoms with E-state index in [-0.39, 0.29) is 42.8 Å². The third-order valence-corrected chi connectivity index (χ3v) is 4.50. The van der Waals surface area contributed by atoms with Crippen molar-refractivity contribution in [1.82, 2.24) is 5.43 Å². The molecule has 3 aromatic rings. The average Bonchev–Trinajstić information content (AvgIpc) is 2.75. The number of hydrazone groups is 1. The van der Waals surface area contributed by atoms with Crippen LogP contribution in [0, 0.1) is 5.41 Å². The van der Waals surface area contributed by atoms with Crippen LogP contribution in [0.1, 0.15) is 21.5 Å². The van der Waals surface area contributed by atoms with E-state index in [1.807, 2.05) is 0 Å². The fraction of sp³-hybridized carbons (Fsp3) is 0.0909. The summed E-state index contributed by atoms with van der Waals surface area (Å²) in [4.78, 5) is 24.3. The van der Waals surface area contributed by atoms with Crippen LogP contribution in [0.4, 0.5) is 5.69 Å². The molecule has 174 valence electrons. The third kappa shape index (κ3) is 6.83. The summed E-state index contributed by atoms with van der Waals surface area (Å²) in [6, 6.07) is 15.1. The number of amidine groups is 1. The zero-order valence-electron chi connectivity index (χ0n) is 17.6.